The Hall–Kier alpha value is -2.28. The molecular weight excluding hydrogens is 310 g/mol. The summed E-state index contributed by atoms with van der Waals surface area (Å²) in [7, 11) is 0. The normalized spacial score (nSPS) is 14.8. The highest BCUT2D eigenvalue weighted by molar-refractivity contribution is 5.92. The number of aliphatic hydroxyl groups excluding tert-OH is 1. The number of rotatable bonds is 5. The van der Waals surface area contributed by atoms with Crippen molar-refractivity contribution in [3.8, 4) is 0 Å². The van der Waals surface area contributed by atoms with Crippen LogP contribution in [0.3, 0.4) is 0 Å². The number of aliphatic hydroxyl groups is 1. The Bertz CT molecular complexity index is 571. The number of ether oxygens (including phenoxy) is 1. The van der Waals surface area contributed by atoms with Crippen LogP contribution in [0.25, 0.3) is 0 Å². The molecule has 1 aromatic rings. The van der Waals surface area contributed by atoms with Crippen LogP contribution >= 0.6 is 0 Å². The van der Waals surface area contributed by atoms with Crippen LogP contribution in [0, 0.1) is 6.92 Å². The second kappa shape index (κ2) is 9.12. The van der Waals surface area contributed by atoms with Crippen molar-refractivity contribution in [1.82, 2.24) is 5.32 Å². The zero-order chi connectivity index (χ0) is 17.4. The molecule has 24 heavy (non-hydrogen) atoms. The van der Waals surface area contributed by atoms with Gasteiger partial charge in [0, 0.05) is 17.9 Å². The first-order chi connectivity index (χ1) is 11.6. The second-order valence-corrected chi connectivity index (χ2v) is 5.92. The molecule has 1 aliphatic rings. The van der Waals surface area contributed by atoms with E-state index in [1.807, 2.05) is 6.92 Å². The van der Waals surface area contributed by atoms with Crippen molar-refractivity contribution < 1.29 is 19.4 Å². The summed E-state index contributed by atoms with van der Waals surface area (Å²) in [5, 5.41) is 16.6. The number of amides is 3. The molecule has 132 valence electrons. The SMILES string of the molecule is Cc1ccc(NC(=O)OC2CCCCC2)cc1NC(=O)NCCO. The van der Waals surface area contributed by atoms with E-state index in [1.54, 1.807) is 18.2 Å². The maximum absolute atomic E-state index is 12.0. The number of hydrogen-bond donors (Lipinski definition) is 4. The first-order valence-electron chi connectivity index (χ1n) is 8.32. The number of urea groups is 1. The van der Waals surface area contributed by atoms with Gasteiger partial charge in [0.15, 0.2) is 0 Å². The molecule has 0 bridgehead atoms. The molecule has 1 saturated carbocycles. The third kappa shape index (κ3) is 5.73. The maximum atomic E-state index is 12.0. The zero-order valence-electron chi connectivity index (χ0n) is 13.9. The van der Waals surface area contributed by atoms with Gasteiger partial charge in [-0.3, -0.25) is 5.32 Å². The fraction of sp³-hybridized carbons (Fsp3) is 0.529. The lowest BCUT2D eigenvalue weighted by atomic mass is 9.98. The predicted molar refractivity (Wildman–Crippen MR) is 92.3 cm³/mol. The molecule has 0 atom stereocenters. The summed E-state index contributed by atoms with van der Waals surface area (Å²) in [6, 6.07) is 4.83. The van der Waals surface area contributed by atoms with Gasteiger partial charge >= 0.3 is 12.1 Å². The van der Waals surface area contributed by atoms with Crippen molar-refractivity contribution in [2.24, 2.45) is 0 Å². The molecule has 2 rings (SSSR count). The van der Waals surface area contributed by atoms with Gasteiger partial charge in [0.05, 0.1) is 6.61 Å². The molecule has 0 heterocycles. The molecule has 0 spiro atoms. The molecule has 0 aliphatic heterocycles. The molecule has 7 heteroatoms. The lowest BCUT2D eigenvalue weighted by Crippen LogP contribution is -2.31. The van der Waals surface area contributed by atoms with Gasteiger partial charge in [0.25, 0.3) is 0 Å². The van der Waals surface area contributed by atoms with Crippen molar-refractivity contribution in [1.29, 1.82) is 0 Å². The third-order valence-corrected chi connectivity index (χ3v) is 3.96. The van der Waals surface area contributed by atoms with Gasteiger partial charge in [-0.05, 0) is 50.3 Å². The Morgan fingerprint density at radius 3 is 2.67 bits per heavy atom. The van der Waals surface area contributed by atoms with Gasteiger partial charge < -0.3 is 20.5 Å². The Morgan fingerprint density at radius 1 is 1.21 bits per heavy atom. The van der Waals surface area contributed by atoms with Crippen LogP contribution in [0.15, 0.2) is 18.2 Å². The van der Waals surface area contributed by atoms with Crippen LogP contribution in [-0.4, -0.2) is 36.5 Å². The minimum absolute atomic E-state index is 0.00828. The van der Waals surface area contributed by atoms with E-state index in [-0.39, 0.29) is 19.3 Å². The molecule has 0 aromatic heterocycles. The third-order valence-electron chi connectivity index (χ3n) is 3.96. The van der Waals surface area contributed by atoms with Crippen LogP contribution in [0.5, 0.6) is 0 Å². The van der Waals surface area contributed by atoms with E-state index in [2.05, 4.69) is 16.0 Å². The van der Waals surface area contributed by atoms with E-state index >= 15 is 0 Å². The van der Waals surface area contributed by atoms with Gasteiger partial charge in [-0.15, -0.1) is 0 Å². The lowest BCUT2D eigenvalue weighted by molar-refractivity contribution is 0.0865. The highest BCUT2D eigenvalue weighted by atomic mass is 16.6. The number of hydrogen-bond acceptors (Lipinski definition) is 4. The molecule has 1 aromatic carbocycles. The van der Waals surface area contributed by atoms with Crippen LogP contribution in [-0.2, 0) is 4.74 Å². The molecule has 1 fully saturated rings. The second-order valence-electron chi connectivity index (χ2n) is 5.92. The van der Waals surface area contributed by atoms with Crippen molar-refractivity contribution in [3.63, 3.8) is 0 Å². The minimum Gasteiger partial charge on any atom is -0.446 e. The predicted octanol–water partition coefficient (Wildman–Crippen LogP) is 2.99. The molecule has 4 N–H and O–H groups in total. The molecular formula is C17H25N3O4. The highest BCUT2D eigenvalue weighted by Crippen LogP contribution is 2.23. The Morgan fingerprint density at radius 2 is 1.96 bits per heavy atom. The summed E-state index contributed by atoms with van der Waals surface area (Å²) in [6.45, 7) is 1.91. The largest absolute Gasteiger partial charge is 0.446 e. The van der Waals surface area contributed by atoms with Gasteiger partial charge in [-0.2, -0.15) is 0 Å². The van der Waals surface area contributed by atoms with Crippen molar-refractivity contribution in [2.45, 2.75) is 45.1 Å². The summed E-state index contributed by atoms with van der Waals surface area (Å²) in [5.74, 6) is 0. The topological polar surface area (TPSA) is 99.7 Å². The lowest BCUT2D eigenvalue weighted by Gasteiger charge is -2.22. The first-order valence-corrected chi connectivity index (χ1v) is 8.32. The molecule has 0 saturated heterocycles. The van der Waals surface area contributed by atoms with Gasteiger partial charge in [0.1, 0.15) is 6.10 Å². The van der Waals surface area contributed by atoms with Crippen molar-refractivity contribution in [3.05, 3.63) is 23.8 Å². The van der Waals surface area contributed by atoms with E-state index < -0.39 is 12.1 Å². The summed E-state index contributed by atoms with van der Waals surface area (Å²) in [5.41, 5.74) is 2.00. The van der Waals surface area contributed by atoms with E-state index in [0.29, 0.717) is 11.4 Å². The molecule has 0 radical (unpaired) electrons. The molecule has 0 unspecified atom stereocenters. The van der Waals surface area contributed by atoms with Crippen molar-refractivity contribution >= 4 is 23.5 Å². The van der Waals surface area contributed by atoms with Crippen LogP contribution in [0.1, 0.15) is 37.7 Å². The Labute approximate surface area is 141 Å². The smallest absolute Gasteiger partial charge is 0.411 e. The standard InChI is InChI=1S/C17H25N3O4/c1-12-7-8-13(11-15(12)20-16(22)18-9-10-21)19-17(23)24-14-5-3-2-4-6-14/h7-8,11,14,21H,2-6,9-10H2,1H3,(H,19,23)(H2,18,20,22). The fourth-order valence-corrected chi connectivity index (χ4v) is 2.65. The number of carbonyl (C=O) groups excluding carboxylic acids is 2. The Kier molecular flexibility index (Phi) is 6.87. The Balaban J connectivity index is 1.91. The van der Waals surface area contributed by atoms with Gasteiger partial charge in [-0.25, -0.2) is 9.59 Å². The average molecular weight is 335 g/mol. The minimum atomic E-state index is -0.471. The number of nitrogens with one attached hydrogen (secondary N) is 3. The number of carbonyl (C=O) groups is 2. The summed E-state index contributed by atoms with van der Waals surface area (Å²) in [6.07, 6.45) is 4.75. The summed E-state index contributed by atoms with van der Waals surface area (Å²) < 4.78 is 5.42. The number of aryl methyl sites for hydroxylation is 1. The fourth-order valence-electron chi connectivity index (χ4n) is 2.65. The first kappa shape index (κ1) is 18.1. The number of anilines is 2. The van der Waals surface area contributed by atoms with Crippen molar-refractivity contribution in [2.75, 3.05) is 23.8 Å². The average Bonchev–Trinajstić information content (AvgIpc) is 2.57. The van der Waals surface area contributed by atoms with Gasteiger partial charge in [0.2, 0.25) is 0 Å². The highest BCUT2D eigenvalue weighted by Gasteiger charge is 2.17. The quantitative estimate of drug-likeness (QED) is 0.664. The summed E-state index contributed by atoms with van der Waals surface area (Å²) >= 11 is 0. The molecule has 3 amide bonds. The van der Waals surface area contributed by atoms with E-state index in [9.17, 15) is 9.59 Å². The molecule has 1 aliphatic carbocycles. The van der Waals surface area contributed by atoms with Gasteiger partial charge in [-0.1, -0.05) is 12.5 Å². The van der Waals surface area contributed by atoms with Crippen LogP contribution < -0.4 is 16.0 Å². The van der Waals surface area contributed by atoms with Crippen LogP contribution in [0.4, 0.5) is 21.0 Å². The van der Waals surface area contributed by atoms with E-state index in [1.165, 1.54) is 6.42 Å². The summed E-state index contributed by atoms with van der Waals surface area (Å²) in [4.78, 5) is 23.7. The maximum Gasteiger partial charge on any atom is 0.411 e. The molecule has 7 nitrogen and oxygen atoms in total. The van der Waals surface area contributed by atoms with E-state index in [0.717, 1.165) is 31.2 Å². The van der Waals surface area contributed by atoms with Crippen LogP contribution in [0.2, 0.25) is 0 Å². The van der Waals surface area contributed by atoms with E-state index in [4.69, 9.17) is 9.84 Å². The zero-order valence-corrected chi connectivity index (χ0v) is 13.9. The number of benzene rings is 1. The monoisotopic (exact) mass is 335 g/mol.